The predicted molar refractivity (Wildman–Crippen MR) is 98.6 cm³/mol. The van der Waals surface area contributed by atoms with Crippen LogP contribution in [0.25, 0.3) is 0 Å². The van der Waals surface area contributed by atoms with Crippen molar-refractivity contribution in [3.63, 3.8) is 0 Å². The van der Waals surface area contributed by atoms with E-state index in [1.807, 2.05) is 25.3 Å². The maximum absolute atomic E-state index is 12.1. The van der Waals surface area contributed by atoms with Gasteiger partial charge in [0.05, 0.1) is 18.2 Å². The molecule has 0 bridgehead atoms. The highest BCUT2D eigenvalue weighted by atomic mass is 32.1. The quantitative estimate of drug-likeness (QED) is 0.686. The van der Waals surface area contributed by atoms with Gasteiger partial charge in [0.2, 0.25) is 0 Å². The van der Waals surface area contributed by atoms with Gasteiger partial charge < -0.3 is 15.7 Å². The number of benzene rings is 1. The molecular weight excluding hydrogens is 322 g/mol. The third kappa shape index (κ3) is 5.04. The molecule has 0 saturated carbocycles. The molecule has 0 spiro atoms. The van der Waals surface area contributed by atoms with Gasteiger partial charge in [-0.15, -0.1) is 11.3 Å². The second-order valence-electron chi connectivity index (χ2n) is 6.13. The Morgan fingerprint density at radius 2 is 2.17 bits per heavy atom. The van der Waals surface area contributed by atoms with Gasteiger partial charge in [-0.2, -0.15) is 0 Å². The summed E-state index contributed by atoms with van der Waals surface area (Å²) in [6, 6.07) is 5.62. The molecule has 0 fully saturated rings. The number of aromatic nitrogens is 1. The number of thiazole rings is 1. The van der Waals surface area contributed by atoms with Crippen LogP contribution in [-0.4, -0.2) is 29.1 Å². The number of aliphatic hydroxyl groups excluding tert-OH is 1. The number of aliphatic hydroxyl groups is 1. The minimum Gasteiger partial charge on any atom is -0.395 e. The van der Waals surface area contributed by atoms with Crippen LogP contribution in [0.3, 0.4) is 0 Å². The summed E-state index contributed by atoms with van der Waals surface area (Å²) in [5.74, 6) is 0.440. The smallest absolute Gasteiger partial charge is 0.251 e. The van der Waals surface area contributed by atoms with Crippen LogP contribution in [-0.2, 0) is 13.0 Å². The Kier molecular flexibility index (Phi) is 6.75. The first-order chi connectivity index (χ1) is 11.5. The van der Waals surface area contributed by atoms with E-state index < -0.39 is 0 Å². The number of nitrogens with zero attached hydrogens (tertiary/aromatic N) is 1. The molecule has 2 rings (SSSR count). The van der Waals surface area contributed by atoms with Crippen molar-refractivity contribution in [3.05, 3.63) is 45.4 Å². The molecule has 130 valence electrons. The zero-order valence-corrected chi connectivity index (χ0v) is 15.2. The molecule has 3 N–H and O–H groups in total. The molecule has 1 aromatic heterocycles. The molecule has 0 unspecified atom stereocenters. The number of rotatable bonds is 8. The first-order valence-electron chi connectivity index (χ1n) is 8.17. The predicted octanol–water partition coefficient (Wildman–Crippen LogP) is 2.98. The average Bonchev–Trinajstić information content (AvgIpc) is 2.98. The van der Waals surface area contributed by atoms with Gasteiger partial charge >= 0.3 is 0 Å². The lowest BCUT2D eigenvalue weighted by atomic mass is 10.1. The van der Waals surface area contributed by atoms with E-state index in [4.69, 9.17) is 5.11 Å². The van der Waals surface area contributed by atoms with Gasteiger partial charge in [0.25, 0.3) is 5.91 Å². The molecule has 1 amide bonds. The number of amides is 1. The summed E-state index contributed by atoms with van der Waals surface area (Å²) < 4.78 is 0. The van der Waals surface area contributed by atoms with E-state index in [0.717, 1.165) is 22.7 Å². The van der Waals surface area contributed by atoms with Gasteiger partial charge in [-0.3, -0.25) is 4.79 Å². The topological polar surface area (TPSA) is 74.2 Å². The molecule has 1 heterocycles. The number of anilines is 1. The second-order valence-corrected chi connectivity index (χ2v) is 7.33. The Balaban J connectivity index is 2.02. The van der Waals surface area contributed by atoms with E-state index >= 15 is 0 Å². The van der Waals surface area contributed by atoms with Crippen LogP contribution in [0.15, 0.2) is 24.4 Å². The number of carbonyl (C=O) groups excluding carboxylic acids is 1. The molecule has 2 aromatic rings. The Morgan fingerprint density at radius 3 is 2.88 bits per heavy atom. The molecule has 0 aliphatic heterocycles. The Labute approximate surface area is 147 Å². The summed E-state index contributed by atoms with van der Waals surface area (Å²) in [5.41, 5.74) is 2.46. The van der Waals surface area contributed by atoms with Crippen LogP contribution in [0.4, 0.5) is 5.69 Å². The molecule has 6 heteroatoms. The lowest BCUT2D eigenvalue weighted by molar-refractivity contribution is 0.0944. The van der Waals surface area contributed by atoms with Crippen LogP contribution < -0.4 is 10.6 Å². The van der Waals surface area contributed by atoms with Crippen LogP contribution in [0.2, 0.25) is 0 Å². The van der Waals surface area contributed by atoms with Crippen molar-refractivity contribution in [1.29, 1.82) is 0 Å². The molecule has 0 atom stereocenters. The molecule has 0 saturated heterocycles. The first kappa shape index (κ1) is 18.4. The van der Waals surface area contributed by atoms with E-state index in [2.05, 4.69) is 29.5 Å². The fourth-order valence-electron chi connectivity index (χ4n) is 2.39. The number of hydrogen-bond donors (Lipinski definition) is 3. The van der Waals surface area contributed by atoms with Crippen molar-refractivity contribution in [3.8, 4) is 0 Å². The van der Waals surface area contributed by atoms with Gasteiger partial charge in [0.15, 0.2) is 0 Å². The van der Waals surface area contributed by atoms with Crippen molar-refractivity contribution >= 4 is 22.9 Å². The van der Waals surface area contributed by atoms with E-state index in [-0.39, 0.29) is 19.1 Å². The number of hydrogen-bond acceptors (Lipinski definition) is 5. The Hall–Kier alpha value is -1.92. The maximum Gasteiger partial charge on any atom is 0.251 e. The zero-order chi connectivity index (χ0) is 17.5. The van der Waals surface area contributed by atoms with E-state index in [0.29, 0.717) is 18.0 Å². The van der Waals surface area contributed by atoms with Crippen LogP contribution in [0.1, 0.15) is 39.7 Å². The third-order valence-corrected chi connectivity index (χ3v) is 4.63. The normalized spacial score (nSPS) is 10.9. The number of nitrogens with one attached hydrogen (secondary N) is 2. The monoisotopic (exact) mass is 347 g/mol. The molecule has 0 aliphatic carbocycles. The molecule has 0 radical (unpaired) electrons. The van der Waals surface area contributed by atoms with Crippen molar-refractivity contribution in [2.24, 2.45) is 5.92 Å². The first-order valence-corrected chi connectivity index (χ1v) is 8.99. The maximum atomic E-state index is 12.1. The lowest BCUT2D eigenvalue weighted by Gasteiger charge is -2.12. The minimum atomic E-state index is -0.165. The highest BCUT2D eigenvalue weighted by molar-refractivity contribution is 7.11. The highest BCUT2D eigenvalue weighted by Crippen LogP contribution is 2.22. The van der Waals surface area contributed by atoms with E-state index in [9.17, 15) is 4.79 Å². The van der Waals surface area contributed by atoms with Crippen molar-refractivity contribution < 1.29 is 9.90 Å². The van der Waals surface area contributed by atoms with Crippen molar-refractivity contribution in [2.45, 2.75) is 33.7 Å². The fourth-order valence-corrected chi connectivity index (χ4v) is 3.47. The van der Waals surface area contributed by atoms with Gasteiger partial charge in [-0.1, -0.05) is 19.9 Å². The van der Waals surface area contributed by atoms with Gasteiger partial charge in [0, 0.05) is 35.3 Å². The molecule has 5 nitrogen and oxygen atoms in total. The van der Waals surface area contributed by atoms with E-state index in [1.165, 1.54) is 4.88 Å². The number of carbonyl (C=O) groups is 1. The highest BCUT2D eigenvalue weighted by Gasteiger charge is 2.11. The minimum absolute atomic E-state index is 0.0627. The van der Waals surface area contributed by atoms with Gasteiger partial charge in [-0.05, 0) is 30.5 Å². The summed E-state index contributed by atoms with van der Waals surface area (Å²) in [6.07, 6.45) is 2.92. The third-order valence-electron chi connectivity index (χ3n) is 3.61. The average molecular weight is 347 g/mol. The van der Waals surface area contributed by atoms with Crippen LogP contribution in [0, 0.1) is 12.8 Å². The summed E-state index contributed by atoms with van der Waals surface area (Å²) in [6.45, 7) is 7.19. The van der Waals surface area contributed by atoms with Crippen molar-refractivity contribution in [2.75, 3.05) is 18.5 Å². The standard InChI is InChI=1S/C18H25N3O2S/c1-12(2)9-17-21-11-14(24-17)10-20-16-6-4-5-15(13(16)3)18(23)19-7-8-22/h4-6,11-12,20,22H,7-10H2,1-3H3,(H,19,23). The zero-order valence-electron chi connectivity index (χ0n) is 14.4. The second kappa shape index (κ2) is 8.80. The SMILES string of the molecule is Cc1c(NCc2cnc(CC(C)C)s2)cccc1C(=O)NCCO. The van der Waals surface area contributed by atoms with E-state index in [1.54, 1.807) is 17.4 Å². The molecule has 24 heavy (non-hydrogen) atoms. The van der Waals surface area contributed by atoms with Gasteiger partial charge in [0.1, 0.15) is 0 Å². The van der Waals surface area contributed by atoms with Crippen LogP contribution >= 0.6 is 11.3 Å². The Morgan fingerprint density at radius 1 is 1.38 bits per heavy atom. The molecule has 0 aliphatic rings. The fraction of sp³-hybridized carbons (Fsp3) is 0.444. The molecule has 1 aromatic carbocycles. The summed E-state index contributed by atoms with van der Waals surface area (Å²) in [4.78, 5) is 17.7. The van der Waals surface area contributed by atoms with Crippen LogP contribution in [0.5, 0.6) is 0 Å². The molecular formula is C18H25N3O2S. The summed E-state index contributed by atoms with van der Waals surface area (Å²) in [5, 5.41) is 16.1. The summed E-state index contributed by atoms with van der Waals surface area (Å²) >= 11 is 1.73. The van der Waals surface area contributed by atoms with Gasteiger partial charge in [-0.25, -0.2) is 4.98 Å². The Bertz CT molecular complexity index is 683. The lowest BCUT2D eigenvalue weighted by Crippen LogP contribution is -2.27. The summed E-state index contributed by atoms with van der Waals surface area (Å²) in [7, 11) is 0. The largest absolute Gasteiger partial charge is 0.395 e. The van der Waals surface area contributed by atoms with Crippen molar-refractivity contribution in [1.82, 2.24) is 10.3 Å².